The van der Waals surface area contributed by atoms with E-state index in [9.17, 15) is 4.79 Å². The fourth-order valence-electron chi connectivity index (χ4n) is 1.45. The number of pyridine rings is 1. The summed E-state index contributed by atoms with van der Waals surface area (Å²) in [4.78, 5) is 15.8. The zero-order chi connectivity index (χ0) is 13.8. The van der Waals surface area contributed by atoms with Crippen molar-refractivity contribution in [3.05, 3.63) is 46.6 Å². The molecule has 2 amide bonds. The maximum absolute atomic E-state index is 11.8. The highest BCUT2D eigenvalue weighted by Crippen LogP contribution is 2.21. The normalized spacial score (nSPS) is 10.0. The summed E-state index contributed by atoms with van der Waals surface area (Å²) in [7, 11) is 0. The number of rotatable bonds is 2. The summed E-state index contributed by atoms with van der Waals surface area (Å²) in [5.41, 5.74) is 7.95. The van der Waals surface area contributed by atoms with E-state index in [0.29, 0.717) is 16.0 Å². The average Bonchev–Trinajstić information content (AvgIpc) is 2.36. The summed E-state index contributed by atoms with van der Waals surface area (Å²) in [6, 6.07) is 8.83. The number of amides is 2. The predicted molar refractivity (Wildman–Crippen MR) is 80.2 cm³/mol. The molecule has 0 radical (unpaired) electrons. The van der Waals surface area contributed by atoms with Gasteiger partial charge in [0.15, 0.2) is 0 Å². The molecular weight excluding hydrogens is 308 g/mol. The van der Waals surface area contributed by atoms with Crippen molar-refractivity contribution >= 4 is 39.2 Å². The number of aryl methyl sites for hydroxylation is 1. The first-order chi connectivity index (χ1) is 9.04. The second kappa shape index (κ2) is 5.71. The van der Waals surface area contributed by atoms with Crippen LogP contribution >= 0.6 is 15.9 Å². The van der Waals surface area contributed by atoms with Gasteiger partial charge in [0, 0.05) is 5.69 Å². The molecule has 0 aliphatic carbocycles. The molecule has 0 saturated heterocycles. The summed E-state index contributed by atoms with van der Waals surface area (Å²) in [6.07, 6.45) is 1.48. The van der Waals surface area contributed by atoms with Gasteiger partial charge in [0.1, 0.15) is 5.82 Å². The van der Waals surface area contributed by atoms with E-state index in [4.69, 9.17) is 5.73 Å². The fourth-order valence-corrected chi connectivity index (χ4v) is 1.92. The molecule has 0 atom stereocenters. The lowest BCUT2D eigenvalue weighted by atomic mass is 10.2. The van der Waals surface area contributed by atoms with E-state index in [1.54, 1.807) is 6.07 Å². The van der Waals surface area contributed by atoms with E-state index >= 15 is 0 Å². The van der Waals surface area contributed by atoms with Crippen molar-refractivity contribution in [1.29, 1.82) is 0 Å². The number of hydrogen-bond acceptors (Lipinski definition) is 3. The van der Waals surface area contributed by atoms with E-state index in [0.717, 1.165) is 11.3 Å². The predicted octanol–water partition coefficient (Wildman–Crippen LogP) is 3.38. The molecule has 19 heavy (non-hydrogen) atoms. The van der Waals surface area contributed by atoms with Gasteiger partial charge >= 0.3 is 6.03 Å². The molecule has 98 valence electrons. The maximum atomic E-state index is 11.8. The first kappa shape index (κ1) is 13.4. The minimum atomic E-state index is -0.359. The molecule has 1 heterocycles. The van der Waals surface area contributed by atoms with Crippen LogP contribution in [0.2, 0.25) is 0 Å². The Morgan fingerprint density at radius 2 is 1.95 bits per heavy atom. The molecule has 1 aromatic carbocycles. The minimum absolute atomic E-state index is 0.359. The van der Waals surface area contributed by atoms with E-state index in [1.165, 1.54) is 6.20 Å². The third-order valence-electron chi connectivity index (χ3n) is 2.40. The highest BCUT2D eigenvalue weighted by molar-refractivity contribution is 9.10. The van der Waals surface area contributed by atoms with Crippen molar-refractivity contribution < 1.29 is 4.79 Å². The number of halogens is 1. The quantitative estimate of drug-likeness (QED) is 0.793. The number of nitrogens with two attached hydrogens (primary N) is 1. The number of carbonyl (C=O) groups is 1. The van der Waals surface area contributed by atoms with Gasteiger partial charge in [-0.3, -0.25) is 5.32 Å². The molecule has 2 aromatic rings. The number of carbonyl (C=O) groups excluding carboxylic acids is 1. The van der Waals surface area contributed by atoms with Crippen LogP contribution in [-0.2, 0) is 0 Å². The third kappa shape index (κ3) is 3.69. The smallest absolute Gasteiger partial charge is 0.324 e. The van der Waals surface area contributed by atoms with Crippen LogP contribution in [0.15, 0.2) is 41.0 Å². The average molecular weight is 321 g/mol. The molecular formula is C13H13BrN4O. The zero-order valence-corrected chi connectivity index (χ0v) is 11.9. The fraction of sp³-hybridized carbons (Fsp3) is 0.0769. The monoisotopic (exact) mass is 320 g/mol. The van der Waals surface area contributed by atoms with Gasteiger partial charge in [-0.05, 0) is 41.1 Å². The lowest BCUT2D eigenvalue weighted by Crippen LogP contribution is -2.20. The van der Waals surface area contributed by atoms with Gasteiger partial charge in [0.2, 0.25) is 0 Å². The zero-order valence-electron chi connectivity index (χ0n) is 10.3. The number of benzene rings is 1. The number of nitrogens with zero attached hydrogens (tertiary/aromatic N) is 1. The summed E-state index contributed by atoms with van der Waals surface area (Å²) in [5, 5.41) is 5.35. The number of anilines is 3. The highest BCUT2D eigenvalue weighted by atomic mass is 79.9. The van der Waals surface area contributed by atoms with Crippen LogP contribution in [0.5, 0.6) is 0 Å². The topological polar surface area (TPSA) is 80.0 Å². The maximum Gasteiger partial charge on any atom is 0.324 e. The van der Waals surface area contributed by atoms with E-state index in [-0.39, 0.29) is 6.03 Å². The van der Waals surface area contributed by atoms with Gasteiger partial charge in [0.25, 0.3) is 0 Å². The van der Waals surface area contributed by atoms with Crippen LogP contribution in [0, 0.1) is 6.92 Å². The van der Waals surface area contributed by atoms with Crippen molar-refractivity contribution in [2.75, 3.05) is 16.4 Å². The Kier molecular flexibility index (Phi) is 4.01. The lowest BCUT2D eigenvalue weighted by molar-refractivity contribution is 0.262. The Morgan fingerprint density at radius 1 is 1.26 bits per heavy atom. The number of aromatic nitrogens is 1. The number of nitrogens with one attached hydrogen (secondary N) is 2. The summed E-state index contributed by atoms with van der Waals surface area (Å²) in [5.74, 6) is 0.416. The Hall–Kier alpha value is -2.08. The van der Waals surface area contributed by atoms with Gasteiger partial charge in [-0.25, -0.2) is 9.78 Å². The van der Waals surface area contributed by atoms with Crippen LogP contribution in [0.3, 0.4) is 0 Å². The number of nitrogen functional groups attached to an aromatic ring is 1. The minimum Gasteiger partial charge on any atom is -0.397 e. The molecule has 0 aliphatic heterocycles. The highest BCUT2D eigenvalue weighted by Gasteiger charge is 2.07. The van der Waals surface area contributed by atoms with Gasteiger partial charge in [-0.2, -0.15) is 0 Å². The molecule has 0 spiro atoms. The van der Waals surface area contributed by atoms with Gasteiger partial charge < -0.3 is 11.1 Å². The van der Waals surface area contributed by atoms with Crippen LogP contribution in [0.25, 0.3) is 0 Å². The second-order valence-electron chi connectivity index (χ2n) is 4.04. The standard InChI is InChI=1S/C13H13BrN4O/c1-8-2-4-10(5-3-8)17-13(19)18-12-11(14)6-9(15)7-16-12/h2-7H,15H2,1H3,(H2,16,17,18,19). The van der Waals surface area contributed by atoms with Crippen molar-refractivity contribution in [2.24, 2.45) is 0 Å². The van der Waals surface area contributed by atoms with Crippen molar-refractivity contribution in [3.63, 3.8) is 0 Å². The van der Waals surface area contributed by atoms with Crippen LogP contribution < -0.4 is 16.4 Å². The van der Waals surface area contributed by atoms with Gasteiger partial charge in [-0.15, -0.1) is 0 Å². The SMILES string of the molecule is Cc1ccc(NC(=O)Nc2ncc(N)cc2Br)cc1. The molecule has 0 saturated carbocycles. The van der Waals surface area contributed by atoms with Crippen molar-refractivity contribution in [1.82, 2.24) is 4.98 Å². The van der Waals surface area contributed by atoms with Crippen molar-refractivity contribution in [2.45, 2.75) is 6.92 Å². The molecule has 1 aromatic heterocycles. The molecule has 0 unspecified atom stereocenters. The van der Waals surface area contributed by atoms with Crippen LogP contribution in [0.1, 0.15) is 5.56 Å². The second-order valence-corrected chi connectivity index (χ2v) is 4.90. The first-order valence-corrected chi connectivity index (χ1v) is 6.39. The van der Waals surface area contributed by atoms with Gasteiger partial charge in [-0.1, -0.05) is 17.7 Å². The van der Waals surface area contributed by atoms with E-state index < -0.39 is 0 Å². The number of urea groups is 1. The Bertz CT molecular complexity index is 598. The van der Waals surface area contributed by atoms with Gasteiger partial charge in [0.05, 0.1) is 16.4 Å². The van der Waals surface area contributed by atoms with E-state index in [1.807, 2.05) is 31.2 Å². The Balaban J connectivity index is 2.03. The first-order valence-electron chi connectivity index (χ1n) is 5.60. The Morgan fingerprint density at radius 3 is 2.58 bits per heavy atom. The largest absolute Gasteiger partial charge is 0.397 e. The molecule has 6 heteroatoms. The molecule has 0 bridgehead atoms. The van der Waals surface area contributed by atoms with Crippen molar-refractivity contribution in [3.8, 4) is 0 Å². The molecule has 0 fully saturated rings. The lowest BCUT2D eigenvalue weighted by Gasteiger charge is -2.08. The van der Waals surface area contributed by atoms with E-state index in [2.05, 4.69) is 31.5 Å². The third-order valence-corrected chi connectivity index (χ3v) is 3.01. The number of hydrogen-bond donors (Lipinski definition) is 3. The van der Waals surface area contributed by atoms with Crippen LogP contribution in [-0.4, -0.2) is 11.0 Å². The van der Waals surface area contributed by atoms with Crippen LogP contribution in [0.4, 0.5) is 22.0 Å². The summed E-state index contributed by atoms with van der Waals surface area (Å²) in [6.45, 7) is 1.99. The Labute approximate surface area is 119 Å². The molecule has 4 N–H and O–H groups in total. The molecule has 5 nitrogen and oxygen atoms in total. The molecule has 2 rings (SSSR count). The summed E-state index contributed by atoms with van der Waals surface area (Å²) >= 11 is 3.29. The summed E-state index contributed by atoms with van der Waals surface area (Å²) < 4.78 is 0.631. The molecule has 0 aliphatic rings.